The quantitative estimate of drug-likeness (QED) is 0.237. The van der Waals surface area contributed by atoms with Crippen molar-refractivity contribution in [2.24, 2.45) is 0 Å². The number of nitrogens with one attached hydrogen (secondary N) is 1. The lowest BCUT2D eigenvalue weighted by molar-refractivity contribution is 0.0951. The lowest BCUT2D eigenvalue weighted by Crippen LogP contribution is -2.22. The van der Waals surface area contributed by atoms with Crippen LogP contribution in [0.2, 0.25) is 5.02 Å². The first kappa shape index (κ1) is 24.3. The van der Waals surface area contributed by atoms with Crippen molar-refractivity contribution in [1.82, 2.24) is 19.9 Å². The van der Waals surface area contributed by atoms with Gasteiger partial charge in [0.15, 0.2) is 0 Å². The molecule has 7 nitrogen and oxygen atoms in total. The summed E-state index contributed by atoms with van der Waals surface area (Å²) in [5.41, 5.74) is 4.06. The molecule has 2 aromatic heterocycles. The molecular weight excluding hydrogens is 488 g/mol. The van der Waals surface area contributed by atoms with E-state index in [9.17, 15) is 4.79 Å². The van der Waals surface area contributed by atoms with Gasteiger partial charge in [-0.3, -0.25) is 14.3 Å². The van der Waals surface area contributed by atoms with Crippen molar-refractivity contribution in [2.75, 3.05) is 13.2 Å². The summed E-state index contributed by atoms with van der Waals surface area (Å²) in [6.07, 6.45) is 5.93. The van der Waals surface area contributed by atoms with Crippen LogP contribution in [0.15, 0.2) is 97.6 Å². The number of benzene rings is 3. The summed E-state index contributed by atoms with van der Waals surface area (Å²) in [4.78, 5) is 21.2. The fourth-order valence-electron chi connectivity index (χ4n) is 3.84. The van der Waals surface area contributed by atoms with Crippen molar-refractivity contribution in [3.8, 4) is 17.2 Å². The molecule has 0 bridgehead atoms. The van der Waals surface area contributed by atoms with E-state index in [4.69, 9.17) is 21.1 Å². The first-order chi connectivity index (χ1) is 18.2. The van der Waals surface area contributed by atoms with E-state index >= 15 is 0 Å². The van der Waals surface area contributed by atoms with E-state index in [-0.39, 0.29) is 5.91 Å². The second-order valence-electron chi connectivity index (χ2n) is 8.36. The van der Waals surface area contributed by atoms with Gasteiger partial charge in [0.1, 0.15) is 17.8 Å². The number of halogens is 1. The number of fused-ring (bicyclic) bond motifs is 1. The van der Waals surface area contributed by atoms with Crippen molar-refractivity contribution >= 4 is 28.5 Å². The molecule has 186 valence electrons. The zero-order valence-electron chi connectivity index (χ0n) is 20.0. The lowest BCUT2D eigenvalue weighted by Gasteiger charge is -2.10. The third-order valence-electron chi connectivity index (χ3n) is 5.72. The summed E-state index contributed by atoms with van der Waals surface area (Å²) in [5.74, 6) is 1.39. The van der Waals surface area contributed by atoms with Crippen LogP contribution in [0, 0.1) is 0 Å². The van der Waals surface area contributed by atoms with Gasteiger partial charge in [-0.15, -0.1) is 0 Å². The number of rotatable bonds is 10. The van der Waals surface area contributed by atoms with Gasteiger partial charge in [0.2, 0.25) is 0 Å². The molecule has 0 fully saturated rings. The molecule has 0 aliphatic heterocycles. The highest BCUT2D eigenvalue weighted by Gasteiger charge is 2.11. The van der Waals surface area contributed by atoms with Crippen LogP contribution in [-0.2, 0) is 6.54 Å². The van der Waals surface area contributed by atoms with Gasteiger partial charge in [0.25, 0.3) is 5.91 Å². The van der Waals surface area contributed by atoms with Gasteiger partial charge in [0.05, 0.1) is 29.9 Å². The molecule has 3 aromatic carbocycles. The normalized spacial score (nSPS) is 10.8. The van der Waals surface area contributed by atoms with Crippen molar-refractivity contribution in [3.63, 3.8) is 0 Å². The first-order valence-corrected chi connectivity index (χ1v) is 12.3. The van der Waals surface area contributed by atoms with Gasteiger partial charge in [-0.1, -0.05) is 23.7 Å². The molecule has 0 aliphatic rings. The van der Waals surface area contributed by atoms with Crippen LogP contribution in [0.4, 0.5) is 0 Å². The van der Waals surface area contributed by atoms with E-state index in [2.05, 4.69) is 15.3 Å². The van der Waals surface area contributed by atoms with Gasteiger partial charge in [-0.25, -0.2) is 4.98 Å². The van der Waals surface area contributed by atoms with E-state index in [0.29, 0.717) is 30.3 Å². The number of nitrogens with zero attached hydrogens (tertiary/aromatic N) is 3. The number of amides is 1. The molecule has 1 N–H and O–H groups in total. The molecular formula is C29H25ClN4O3. The Morgan fingerprint density at radius 2 is 1.76 bits per heavy atom. The smallest absolute Gasteiger partial charge is 0.251 e. The van der Waals surface area contributed by atoms with E-state index in [1.807, 2.05) is 59.2 Å². The Kier molecular flexibility index (Phi) is 7.62. The maximum atomic E-state index is 12.6. The van der Waals surface area contributed by atoms with Crippen LogP contribution < -0.4 is 14.8 Å². The van der Waals surface area contributed by atoms with Crippen molar-refractivity contribution in [1.29, 1.82) is 0 Å². The zero-order valence-corrected chi connectivity index (χ0v) is 20.8. The largest absolute Gasteiger partial charge is 0.493 e. The molecule has 37 heavy (non-hydrogen) atoms. The minimum atomic E-state index is -0.157. The topological polar surface area (TPSA) is 78.3 Å². The Morgan fingerprint density at radius 1 is 0.919 bits per heavy atom. The minimum absolute atomic E-state index is 0.157. The zero-order chi connectivity index (χ0) is 25.5. The first-order valence-electron chi connectivity index (χ1n) is 11.9. The molecule has 0 saturated heterocycles. The Morgan fingerprint density at radius 3 is 2.57 bits per heavy atom. The second kappa shape index (κ2) is 11.6. The number of carbonyl (C=O) groups excluding carboxylic acids is 1. The minimum Gasteiger partial charge on any atom is -0.493 e. The average molecular weight is 513 g/mol. The molecule has 0 radical (unpaired) electrons. The molecule has 5 aromatic rings. The number of aromatic nitrogens is 3. The van der Waals surface area contributed by atoms with Crippen LogP contribution >= 0.6 is 11.6 Å². The van der Waals surface area contributed by atoms with Crippen LogP contribution in [-0.4, -0.2) is 33.7 Å². The van der Waals surface area contributed by atoms with Gasteiger partial charge < -0.3 is 14.8 Å². The van der Waals surface area contributed by atoms with E-state index in [1.165, 1.54) is 0 Å². The maximum absolute atomic E-state index is 12.6. The van der Waals surface area contributed by atoms with Crippen molar-refractivity contribution < 1.29 is 14.3 Å². The molecule has 2 heterocycles. The number of hydrogen-bond donors (Lipinski definition) is 1. The predicted octanol–water partition coefficient (Wildman–Crippen LogP) is 5.85. The standard InChI is InChI=1S/C29H25ClN4O3/c30-23-8-10-25(11-9-23)36-14-3-15-37-26-6-1-5-24(17-26)34-20-33-27-16-22(7-12-28(27)34)29(35)32-19-21-4-2-13-31-18-21/h1-2,4-13,16-18,20H,3,14-15,19H2,(H,32,35). The fourth-order valence-corrected chi connectivity index (χ4v) is 3.97. The highest BCUT2D eigenvalue weighted by molar-refractivity contribution is 6.30. The molecule has 0 spiro atoms. The highest BCUT2D eigenvalue weighted by atomic mass is 35.5. The molecule has 5 rings (SSSR count). The number of imidazole rings is 1. The third kappa shape index (κ3) is 6.26. The second-order valence-corrected chi connectivity index (χ2v) is 8.80. The van der Waals surface area contributed by atoms with Crippen LogP contribution in [0.3, 0.4) is 0 Å². The van der Waals surface area contributed by atoms with Gasteiger partial charge in [0, 0.05) is 42.0 Å². The monoisotopic (exact) mass is 512 g/mol. The third-order valence-corrected chi connectivity index (χ3v) is 5.97. The predicted molar refractivity (Wildman–Crippen MR) is 144 cm³/mol. The molecule has 0 atom stereocenters. The van der Waals surface area contributed by atoms with E-state index < -0.39 is 0 Å². The summed E-state index contributed by atoms with van der Waals surface area (Å²) in [5, 5.41) is 3.61. The van der Waals surface area contributed by atoms with Gasteiger partial charge >= 0.3 is 0 Å². The Labute approximate surface area is 219 Å². The van der Waals surface area contributed by atoms with E-state index in [1.54, 1.807) is 43.0 Å². The fraction of sp³-hybridized carbons (Fsp3) is 0.138. The molecule has 8 heteroatoms. The number of hydrogen-bond acceptors (Lipinski definition) is 5. The molecule has 0 saturated carbocycles. The van der Waals surface area contributed by atoms with Gasteiger partial charge in [-0.2, -0.15) is 0 Å². The molecule has 0 unspecified atom stereocenters. The van der Waals surface area contributed by atoms with Crippen LogP contribution in [0.5, 0.6) is 11.5 Å². The van der Waals surface area contributed by atoms with Gasteiger partial charge in [-0.05, 0) is 66.2 Å². The number of carbonyl (C=O) groups is 1. The Balaban J connectivity index is 1.19. The highest BCUT2D eigenvalue weighted by Crippen LogP contribution is 2.23. The summed E-state index contributed by atoms with van der Waals surface area (Å²) in [6, 6.07) is 24.4. The maximum Gasteiger partial charge on any atom is 0.251 e. The average Bonchev–Trinajstić information content (AvgIpc) is 3.37. The van der Waals surface area contributed by atoms with Crippen molar-refractivity contribution in [2.45, 2.75) is 13.0 Å². The summed E-state index contributed by atoms with van der Waals surface area (Å²) in [6.45, 7) is 1.49. The lowest BCUT2D eigenvalue weighted by atomic mass is 10.1. The van der Waals surface area contributed by atoms with Crippen LogP contribution in [0.25, 0.3) is 16.7 Å². The molecule has 0 aliphatic carbocycles. The number of ether oxygens (including phenoxy) is 2. The Bertz CT molecular complexity index is 1490. The molecule has 1 amide bonds. The van der Waals surface area contributed by atoms with Crippen molar-refractivity contribution in [3.05, 3.63) is 114 Å². The summed E-state index contributed by atoms with van der Waals surface area (Å²) < 4.78 is 13.6. The SMILES string of the molecule is O=C(NCc1cccnc1)c1ccc2c(c1)ncn2-c1cccc(OCCCOc2ccc(Cl)cc2)c1. The Hall–Kier alpha value is -4.36. The number of pyridine rings is 1. The van der Waals surface area contributed by atoms with Crippen LogP contribution in [0.1, 0.15) is 22.3 Å². The summed E-state index contributed by atoms with van der Waals surface area (Å²) >= 11 is 5.90. The summed E-state index contributed by atoms with van der Waals surface area (Å²) in [7, 11) is 0. The van der Waals surface area contributed by atoms with E-state index in [0.717, 1.165) is 40.2 Å².